The van der Waals surface area contributed by atoms with Crippen LogP contribution in [0.2, 0.25) is 0 Å². The van der Waals surface area contributed by atoms with Gasteiger partial charge < -0.3 is 24.6 Å². The summed E-state index contributed by atoms with van der Waals surface area (Å²) in [7, 11) is 0. The number of nitrogens with zero attached hydrogens (tertiary/aromatic N) is 4. The first-order valence-electron chi connectivity index (χ1n) is 21.5. The van der Waals surface area contributed by atoms with Gasteiger partial charge in [-0.25, -0.2) is 0 Å². The van der Waals surface area contributed by atoms with E-state index in [1.807, 2.05) is 37.3 Å². The highest BCUT2D eigenvalue weighted by Gasteiger charge is 2.41. The number of benzene rings is 3. The number of ether oxygens (including phenoxy) is 2. The van der Waals surface area contributed by atoms with Gasteiger partial charge in [0.15, 0.2) is 0 Å². The van der Waals surface area contributed by atoms with E-state index in [2.05, 4.69) is 63.9 Å². The molecule has 2 unspecified atom stereocenters. The molecule has 15 heteroatoms. The first kappa shape index (κ1) is 41.2. The summed E-state index contributed by atoms with van der Waals surface area (Å²) in [5, 5.41) is 9.12. The molecule has 4 fully saturated rings. The van der Waals surface area contributed by atoms with Crippen LogP contribution >= 0.6 is 0 Å². The van der Waals surface area contributed by atoms with E-state index in [0.717, 1.165) is 71.9 Å². The zero-order chi connectivity index (χ0) is 43.2. The van der Waals surface area contributed by atoms with Gasteiger partial charge in [-0.1, -0.05) is 26.0 Å². The SMILES string of the molecule is C[C@H]1CNC[C@H]1Oc1ccc2c(c1)CN(C1CCC(=O)NC1=O)C2=O.Cc1ccc2cc(CN3C[C@H](C)[C@H](Oc4ccc5c(c4)CN(C4CCC(=O)NC4=O)C5=O)C3)ccc2n1. The van der Waals surface area contributed by atoms with Crippen molar-refractivity contribution in [2.45, 2.75) is 90.4 Å². The minimum atomic E-state index is -0.611. The molecule has 10 rings (SSSR count). The number of hydrogen-bond acceptors (Lipinski definition) is 11. The van der Waals surface area contributed by atoms with Crippen LogP contribution in [0.25, 0.3) is 10.9 Å². The molecule has 6 amide bonds. The van der Waals surface area contributed by atoms with E-state index in [-0.39, 0.29) is 54.6 Å². The van der Waals surface area contributed by atoms with Gasteiger partial charge in [-0.05, 0) is 91.1 Å². The molecule has 7 heterocycles. The molecule has 0 bridgehead atoms. The van der Waals surface area contributed by atoms with Gasteiger partial charge in [-0.2, -0.15) is 0 Å². The molecular weight excluding hydrogens is 791 g/mol. The van der Waals surface area contributed by atoms with Gasteiger partial charge in [0.25, 0.3) is 11.8 Å². The lowest BCUT2D eigenvalue weighted by molar-refractivity contribution is -0.138. The molecule has 15 nitrogen and oxygen atoms in total. The van der Waals surface area contributed by atoms with Crippen molar-refractivity contribution in [3.05, 3.63) is 100 Å². The van der Waals surface area contributed by atoms with Crippen molar-refractivity contribution >= 4 is 46.3 Å². The summed E-state index contributed by atoms with van der Waals surface area (Å²) in [5.41, 5.74) is 6.23. The first-order valence-corrected chi connectivity index (χ1v) is 21.5. The molecule has 3 N–H and O–H groups in total. The lowest BCUT2D eigenvalue weighted by Gasteiger charge is -2.29. The third kappa shape index (κ3) is 8.38. The zero-order valence-corrected chi connectivity index (χ0v) is 35.1. The van der Waals surface area contributed by atoms with E-state index in [4.69, 9.17) is 9.47 Å². The average molecular weight is 842 g/mol. The maximum Gasteiger partial charge on any atom is 0.255 e. The Labute approximate surface area is 359 Å². The number of carbonyl (C=O) groups is 6. The number of rotatable bonds is 8. The molecule has 4 saturated heterocycles. The van der Waals surface area contributed by atoms with Gasteiger partial charge >= 0.3 is 0 Å². The Morgan fingerprint density at radius 1 is 0.661 bits per heavy atom. The van der Waals surface area contributed by atoms with E-state index >= 15 is 0 Å². The van der Waals surface area contributed by atoms with Crippen LogP contribution in [0.1, 0.15) is 82.6 Å². The highest BCUT2D eigenvalue weighted by atomic mass is 16.5. The Morgan fingerprint density at radius 3 is 1.82 bits per heavy atom. The van der Waals surface area contributed by atoms with Crippen molar-refractivity contribution in [1.29, 1.82) is 0 Å². The van der Waals surface area contributed by atoms with Gasteiger partial charge in [0.05, 0.1) is 5.52 Å². The third-order valence-corrected chi connectivity index (χ3v) is 12.9. The predicted molar refractivity (Wildman–Crippen MR) is 227 cm³/mol. The Bertz CT molecular complexity index is 2490. The standard InChI is InChI=1S/C29H30N4O4.C18H21N3O4/c1-17-13-32(14-19-4-8-24-20(11-19)5-3-18(2)30-24)16-26(17)37-22-6-7-23-21(12-22)15-33(29(23)36)25-9-10-27(34)31-28(25)35;1-10-7-19-8-15(10)25-12-2-3-13-11(6-12)9-21(18(13)24)14-4-5-16(22)20-17(14)23/h3-8,11-12,17,25-26H,9-10,13-16H2,1-2H3,(H,31,34,35);2-3,6,10,14-15,19H,4-5,7-9H2,1H3,(H,20,22,23)/t17-,25?,26+;10-,14?,15+/m00/s1. The van der Waals surface area contributed by atoms with Crippen molar-refractivity contribution in [3.63, 3.8) is 0 Å². The summed E-state index contributed by atoms with van der Waals surface area (Å²) in [6.07, 6.45) is 1.41. The monoisotopic (exact) mass is 841 g/mol. The van der Waals surface area contributed by atoms with Crippen LogP contribution in [0.4, 0.5) is 0 Å². The molecule has 6 atom stereocenters. The Morgan fingerprint density at radius 2 is 1.26 bits per heavy atom. The molecule has 0 radical (unpaired) electrons. The fraction of sp³-hybridized carbons (Fsp3) is 0.426. The van der Waals surface area contributed by atoms with Crippen LogP contribution in [0.15, 0.2) is 66.7 Å². The quantitative estimate of drug-likeness (QED) is 0.221. The molecular formula is C47H51N7O8. The second kappa shape index (κ2) is 16.9. The highest BCUT2D eigenvalue weighted by Crippen LogP contribution is 2.33. The van der Waals surface area contributed by atoms with E-state index < -0.39 is 18.0 Å². The highest BCUT2D eigenvalue weighted by molar-refractivity contribution is 6.06. The van der Waals surface area contributed by atoms with Gasteiger partial charge in [0.2, 0.25) is 23.6 Å². The average Bonchev–Trinajstić information content (AvgIpc) is 3.99. The van der Waals surface area contributed by atoms with E-state index in [0.29, 0.717) is 48.9 Å². The number of likely N-dealkylation sites (tertiary alicyclic amines) is 1. The number of nitrogens with one attached hydrogen (secondary N) is 3. The van der Waals surface area contributed by atoms with E-state index in [9.17, 15) is 28.8 Å². The maximum absolute atomic E-state index is 13.0. The lowest BCUT2D eigenvalue weighted by atomic mass is 10.0. The molecule has 62 heavy (non-hydrogen) atoms. The van der Waals surface area contributed by atoms with Crippen LogP contribution in [-0.4, -0.2) is 106 Å². The van der Waals surface area contributed by atoms with Crippen molar-refractivity contribution in [1.82, 2.24) is 35.6 Å². The van der Waals surface area contributed by atoms with E-state index in [1.54, 1.807) is 21.9 Å². The molecule has 6 aliphatic heterocycles. The van der Waals surface area contributed by atoms with Crippen LogP contribution in [-0.2, 0) is 38.8 Å². The maximum atomic E-state index is 13.0. The molecule has 4 aromatic rings. The van der Waals surface area contributed by atoms with Crippen molar-refractivity contribution < 1.29 is 38.2 Å². The second-order valence-corrected chi connectivity index (χ2v) is 17.5. The fourth-order valence-electron chi connectivity index (χ4n) is 9.49. The second-order valence-electron chi connectivity index (χ2n) is 17.5. The number of amides is 6. The minimum Gasteiger partial charge on any atom is -0.489 e. The van der Waals surface area contributed by atoms with Crippen molar-refractivity contribution in [2.24, 2.45) is 11.8 Å². The van der Waals surface area contributed by atoms with Gasteiger partial charge in [-0.15, -0.1) is 0 Å². The number of aromatic nitrogens is 1. The topological polar surface area (TPSA) is 180 Å². The summed E-state index contributed by atoms with van der Waals surface area (Å²) in [4.78, 5) is 82.9. The summed E-state index contributed by atoms with van der Waals surface area (Å²) in [6, 6.07) is 20.5. The van der Waals surface area contributed by atoms with Crippen molar-refractivity contribution in [3.8, 4) is 11.5 Å². The van der Waals surface area contributed by atoms with Crippen LogP contribution in [0.5, 0.6) is 11.5 Å². The number of aryl methyl sites for hydroxylation is 1. The number of carbonyl (C=O) groups excluding carboxylic acids is 6. The van der Waals surface area contributed by atoms with Crippen LogP contribution in [0, 0.1) is 18.8 Å². The molecule has 0 spiro atoms. The molecule has 322 valence electrons. The Balaban J connectivity index is 0.000000171. The largest absolute Gasteiger partial charge is 0.489 e. The molecule has 3 aromatic carbocycles. The summed E-state index contributed by atoms with van der Waals surface area (Å²) in [6.45, 7) is 11.5. The van der Waals surface area contributed by atoms with Crippen molar-refractivity contribution in [2.75, 3.05) is 26.2 Å². The first-order chi connectivity index (χ1) is 29.9. The third-order valence-electron chi connectivity index (χ3n) is 12.9. The Kier molecular flexibility index (Phi) is 11.2. The molecule has 1 aromatic heterocycles. The fourth-order valence-corrected chi connectivity index (χ4v) is 9.49. The van der Waals surface area contributed by atoms with Gasteiger partial charge in [0.1, 0.15) is 35.8 Å². The molecule has 6 aliphatic rings. The zero-order valence-electron chi connectivity index (χ0n) is 35.1. The number of piperidine rings is 2. The number of hydrogen-bond donors (Lipinski definition) is 3. The van der Waals surface area contributed by atoms with Crippen LogP contribution < -0.4 is 25.4 Å². The minimum absolute atomic E-state index is 0.0474. The predicted octanol–water partition coefficient (Wildman–Crippen LogP) is 3.64. The Hall–Kier alpha value is -6.19. The molecule has 0 saturated carbocycles. The van der Waals surface area contributed by atoms with Gasteiger partial charge in [-0.3, -0.25) is 49.3 Å². The smallest absolute Gasteiger partial charge is 0.255 e. The number of imide groups is 2. The normalized spacial score (nSPS) is 26.0. The lowest BCUT2D eigenvalue weighted by Crippen LogP contribution is -2.52. The van der Waals surface area contributed by atoms with E-state index in [1.165, 1.54) is 5.56 Å². The van der Waals surface area contributed by atoms with Gasteiger partial charge in [0, 0.05) is 92.7 Å². The summed E-state index contributed by atoms with van der Waals surface area (Å²) < 4.78 is 12.5. The number of pyridine rings is 1. The van der Waals surface area contributed by atoms with Crippen LogP contribution in [0.3, 0.4) is 0 Å². The summed E-state index contributed by atoms with van der Waals surface area (Å²) in [5.74, 6) is 0.610. The summed E-state index contributed by atoms with van der Waals surface area (Å²) >= 11 is 0. The molecule has 0 aliphatic carbocycles. The number of fused-ring (bicyclic) bond motifs is 3.